The van der Waals surface area contributed by atoms with Gasteiger partial charge in [-0.2, -0.15) is 0 Å². The summed E-state index contributed by atoms with van der Waals surface area (Å²) in [4.78, 5) is 27.2. The summed E-state index contributed by atoms with van der Waals surface area (Å²) < 4.78 is 5.75. The summed E-state index contributed by atoms with van der Waals surface area (Å²) in [5, 5.41) is 1.70. The Bertz CT molecular complexity index is 750. The van der Waals surface area contributed by atoms with Crippen molar-refractivity contribution in [3.63, 3.8) is 0 Å². The molecule has 1 unspecified atom stereocenters. The second kappa shape index (κ2) is 10.1. The van der Waals surface area contributed by atoms with Gasteiger partial charge < -0.3 is 4.74 Å². The molecule has 1 aromatic carbocycles. The van der Waals surface area contributed by atoms with Gasteiger partial charge in [0.25, 0.3) is 5.24 Å². The number of nitrogens with one attached hydrogen (secondary N) is 1. The Balaban J connectivity index is 0.00000243. The van der Waals surface area contributed by atoms with Crippen molar-refractivity contribution in [3.8, 4) is 5.75 Å². The Morgan fingerprint density at radius 3 is 2.42 bits per heavy atom. The van der Waals surface area contributed by atoms with Crippen molar-refractivity contribution >= 4 is 50.2 Å². The minimum Gasteiger partial charge on any atom is -0.493 e. The summed E-state index contributed by atoms with van der Waals surface area (Å²) in [5.41, 5.74) is 3.25. The number of rotatable bonds is 7. The van der Waals surface area contributed by atoms with Crippen molar-refractivity contribution in [3.05, 3.63) is 59.4 Å². The van der Waals surface area contributed by atoms with E-state index in [9.17, 15) is 9.59 Å². The van der Waals surface area contributed by atoms with Crippen molar-refractivity contribution in [2.45, 2.75) is 31.4 Å². The van der Waals surface area contributed by atoms with Gasteiger partial charge in [0.2, 0.25) is 5.91 Å². The van der Waals surface area contributed by atoms with E-state index in [4.69, 9.17) is 4.74 Å². The molecule has 5 nitrogen and oxygen atoms in total. The molecule has 1 saturated heterocycles. The largest absolute Gasteiger partial charge is 0.493 e. The standard InChI is InChI=1S/C19H20N2O3S.Pb/c1-2-13-3-6-15(20-12-13)9-10-24-16-7-4-14(5-8-16)11-17-18(22)21-19(23)25-17;/h3-8,12,17H,2,9-11H2,1H3,(H,21,22,23);. The van der Waals surface area contributed by atoms with Crippen LogP contribution in [-0.4, -0.2) is 55.3 Å². The van der Waals surface area contributed by atoms with Crippen molar-refractivity contribution in [2.75, 3.05) is 6.61 Å². The predicted molar refractivity (Wildman–Crippen MR) is 104 cm³/mol. The first-order chi connectivity index (χ1) is 12.1. The fourth-order valence-electron chi connectivity index (χ4n) is 2.55. The molecule has 0 bridgehead atoms. The number of hydrogen-bond acceptors (Lipinski definition) is 5. The van der Waals surface area contributed by atoms with E-state index in [2.05, 4.69) is 23.3 Å². The van der Waals surface area contributed by atoms with Gasteiger partial charge in [-0.3, -0.25) is 19.9 Å². The molecular formula is C19H20N2O3PbS. The summed E-state index contributed by atoms with van der Waals surface area (Å²) in [6.07, 6.45) is 4.19. The van der Waals surface area contributed by atoms with Gasteiger partial charge in [-0.25, -0.2) is 0 Å². The van der Waals surface area contributed by atoms with Gasteiger partial charge in [0, 0.05) is 45.6 Å². The number of hydrogen-bond donors (Lipinski definition) is 1. The number of ether oxygens (including phenoxy) is 1. The van der Waals surface area contributed by atoms with Gasteiger partial charge >= 0.3 is 0 Å². The average molecular weight is 564 g/mol. The topological polar surface area (TPSA) is 68.3 Å². The van der Waals surface area contributed by atoms with Crippen LogP contribution in [0.25, 0.3) is 0 Å². The number of aryl methyl sites for hydroxylation is 1. The van der Waals surface area contributed by atoms with Gasteiger partial charge in [0.15, 0.2) is 0 Å². The smallest absolute Gasteiger partial charge is 0.286 e. The number of carbonyl (C=O) groups excluding carboxylic acids is 2. The first kappa shape index (κ1) is 20.9. The second-order valence-corrected chi connectivity index (χ2v) is 7.02. The van der Waals surface area contributed by atoms with Crippen LogP contribution in [-0.2, 0) is 24.1 Å². The van der Waals surface area contributed by atoms with E-state index in [1.807, 2.05) is 36.5 Å². The molecule has 1 aliphatic rings. The predicted octanol–water partition coefficient (Wildman–Crippen LogP) is 2.78. The average Bonchev–Trinajstić information content (AvgIpc) is 2.94. The molecule has 2 aromatic rings. The fourth-order valence-corrected chi connectivity index (χ4v) is 3.41. The molecular weight excluding hydrogens is 543 g/mol. The molecule has 1 aromatic heterocycles. The molecule has 26 heavy (non-hydrogen) atoms. The quantitative estimate of drug-likeness (QED) is 0.525. The number of amides is 2. The number of imide groups is 1. The third-order valence-corrected chi connectivity index (χ3v) is 5.01. The summed E-state index contributed by atoms with van der Waals surface area (Å²) in [6, 6.07) is 11.8. The summed E-state index contributed by atoms with van der Waals surface area (Å²) in [7, 11) is 0. The Kier molecular flexibility index (Phi) is 8.08. The van der Waals surface area contributed by atoms with Crippen LogP contribution in [0.15, 0.2) is 42.6 Å². The van der Waals surface area contributed by atoms with Crippen LogP contribution < -0.4 is 10.1 Å². The Morgan fingerprint density at radius 1 is 1.12 bits per heavy atom. The molecule has 7 heteroatoms. The second-order valence-electron chi connectivity index (χ2n) is 5.84. The van der Waals surface area contributed by atoms with Crippen LogP contribution in [0.4, 0.5) is 4.79 Å². The number of benzene rings is 1. The zero-order valence-corrected chi connectivity index (χ0v) is 19.2. The van der Waals surface area contributed by atoms with Gasteiger partial charge in [-0.1, -0.05) is 36.9 Å². The van der Waals surface area contributed by atoms with Crippen LogP contribution in [0.5, 0.6) is 5.75 Å². The van der Waals surface area contributed by atoms with E-state index >= 15 is 0 Å². The fraction of sp³-hybridized carbons (Fsp3) is 0.316. The maximum absolute atomic E-state index is 11.6. The normalized spacial score (nSPS) is 16.1. The van der Waals surface area contributed by atoms with E-state index in [1.54, 1.807) is 0 Å². The number of pyridine rings is 1. The maximum atomic E-state index is 11.6. The zero-order chi connectivity index (χ0) is 17.6. The third kappa shape index (κ3) is 5.80. The Labute approximate surface area is 177 Å². The summed E-state index contributed by atoms with van der Waals surface area (Å²) in [5.74, 6) is 0.574. The molecule has 3 rings (SSSR count). The molecule has 1 atom stereocenters. The SMILES string of the molecule is CCc1ccc(CCOc2ccc(CC3SC(=O)NC3=O)cc2)nc1.[Pb]. The third-order valence-electron chi connectivity index (χ3n) is 4.03. The van der Waals surface area contributed by atoms with Crippen molar-refractivity contribution < 1.29 is 14.3 Å². The van der Waals surface area contributed by atoms with Crippen molar-refractivity contribution in [1.82, 2.24) is 10.3 Å². The van der Waals surface area contributed by atoms with E-state index in [0.29, 0.717) is 13.0 Å². The van der Waals surface area contributed by atoms with Crippen LogP contribution in [0.1, 0.15) is 23.7 Å². The van der Waals surface area contributed by atoms with E-state index in [0.717, 1.165) is 41.6 Å². The first-order valence-corrected chi connectivity index (χ1v) is 9.19. The van der Waals surface area contributed by atoms with Gasteiger partial charge in [-0.15, -0.1) is 0 Å². The molecule has 2 amide bonds. The summed E-state index contributed by atoms with van der Waals surface area (Å²) in [6.45, 7) is 2.67. The summed E-state index contributed by atoms with van der Waals surface area (Å²) >= 11 is 1.05. The van der Waals surface area contributed by atoms with E-state index in [-0.39, 0.29) is 43.7 Å². The molecule has 1 N–H and O–H groups in total. The number of carbonyl (C=O) groups is 2. The van der Waals surface area contributed by atoms with Crippen LogP contribution >= 0.6 is 11.8 Å². The molecule has 2 heterocycles. The minimum atomic E-state index is -0.337. The molecule has 0 saturated carbocycles. The molecule has 1 fully saturated rings. The molecule has 134 valence electrons. The number of thioether (sulfide) groups is 1. The number of aromatic nitrogens is 1. The molecule has 4 radical (unpaired) electrons. The monoisotopic (exact) mass is 564 g/mol. The molecule has 1 aliphatic heterocycles. The van der Waals surface area contributed by atoms with Crippen LogP contribution in [0.3, 0.4) is 0 Å². The van der Waals surface area contributed by atoms with Crippen LogP contribution in [0, 0.1) is 0 Å². The molecule has 0 spiro atoms. The molecule has 0 aliphatic carbocycles. The first-order valence-electron chi connectivity index (χ1n) is 8.31. The maximum Gasteiger partial charge on any atom is 0.286 e. The van der Waals surface area contributed by atoms with Gasteiger partial charge in [-0.05, 0) is 42.2 Å². The van der Waals surface area contributed by atoms with E-state index in [1.165, 1.54) is 5.56 Å². The zero-order valence-electron chi connectivity index (χ0n) is 14.5. The van der Waals surface area contributed by atoms with Crippen molar-refractivity contribution in [1.29, 1.82) is 0 Å². The van der Waals surface area contributed by atoms with Crippen molar-refractivity contribution in [2.24, 2.45) is 0 Å². The number of nitrogens with zero attached hydrogens (tertiary/aromatic N) is 1. The Hall–Kier alpha value is -1.42. The Morgan fingerprint density at radius 2 is 1.85 bits per heavy atom. The van der Waals surface area contributed by atoms with E-state index < -0.39 is 0 Å². The van der Waals surface area contributed by atoms with Gasteiger partial charge in [0.1, 0.15) is 5.75 Å². The minimum absolute atomic E-state index is 0. The van der Waals surface area contributed by atoms with Crippen LogP contribution in [0.2, 0.25) is 0 Å². The van der Waals surface area contributed by atoms with Gasteiger partial charge in [0.05, 0.1) is 11.9 Å².